The number of hydrogen-bond donors (Lipinski definition) is 1. The molecule has 0 spiro atoms. The van der Waals surface area contributed by atoms with Crippen molar-refractivity contribution in [1.82, 2.24) is 9.97 Å². The second kappa shape index (κ2) is 4.65. The average molecular weight is 233 g/mol. The molecule has 0 saturated heterocycles. The van der Waals surface area contributed by atoms with E-state index in [1.54, 1.807) is 25.3 Å². The van der Waals surface area contributed by atoms with E-state index in [0.29, 0.717) is 29.0 Å². The number of aromatic nitrogens is 2. The first-order chi connectivity index (χ1) is 8.28. The average Bonchev–Trinajstić information content (AvgIpc) is 2.37. The van der Waals surface area contributed by atoms with Gasteiger partial charge in [-0.15, -0.1) is 0 Å². The number of anilines is 1. The minimum atomic E-state index is 0.262. The number of fused-ring (bicyclic) bond motifs is 1. The number of amides is 1. The first-order valence-corrected chi connectivity index (χ1v) is 4.88. The van der Waals surface area contributed by atoms with Gasteiger partial charge in [0.05, 0.1) is 25.3 Å². The molecule has 0 aliphatic heterocycles. The molecule has 1 heterocycles. The van der Waals surface area contributed by atoms with Gasteiger partial charge in [-0.3, -0.25) is 4.79 Å². The number of nitrogens with one attached hydrogen (secondary N) is 1. The smallest absolute Gasteiger partial charge is 0.258 e. The van der Waals surface area contributed by atoms with Crippen molar-refractivity contribution in [2.45, 2.75) is 0 Å². The van der Waals surface area contributed by atoms with Crippen molar-refractivity contribution in [3.63, 3.8) is 0 Å². The lowest BCUT2D eigenvalue weighted by Gasteiger charge is -2.07. The number of benzene rings is 1. The molecule has 1 aromatic carbocycles. The number of rotatable bonds is 4. The van der Waals surface area contributed by atoms with Crippen molar-refractivity contribution >= 4 is 23.3 Å². The fraction of sp³-hybridized carbons (Fsp3) is 0.182. The lowest BCUT2D eigenvalue weighted by molar-refractivity contribution is -0.105. The summed E-state index contributed by atoms with van der Waals surface area (Å²) in [5, 5.41) is 2.44. The Morgan fingerprint density at radius 1 is 1.18 bits per heavy atom. The van der Waals surface area contributed by atoms with Crippen LogP contribution in [0, 0.1) is 0 Å². The monoisotopic (exact) mass is 233 g/mol. The van der Waals surface area contributed by atoms with Crippen LogP contribution in [0.25, 0.3) is 11.0 Å². The number of nitrogens with zero attached hydrogens (tertiary/aromatic N) is 2. The van der Waals surface area contributed by atoms with Crippen molar-refractivity contribution < 1.29 is 14.3 Å². The summed E-state index contributed by atoms with van der Waals surface area (Å²) in [6, 6.07) is 5.28. The van der Waals surface area contributed by atoms with E-state index < -0.39 is 0 Å². The molecule has 0 atom stereocenters. The Morgan fingerprint density at radius 3 is 2.65 bits per heavy atom. The SMILES string of the molecule is COc1ccc2nc(NC=O)c(OC)nc2c1. The van der Waals surface area contributed by atoms with E-state index in [9.17, 15) is 4.79 Å². The van der Waals surface area contributed by atoms with Crippen LogP contribution in [0.15, 0.2) is 18.2 Å². The van der Waals surface area contributed by atoms with E-state index in [1.807, 2.05) is 0 Å². The van der Waals surface area contributed by atoms with E-state index in [-0.39, 0.29) is 5.88 Å². The quantitative estimate of drug-likeness (QED) is 0.803. The molecule has 6 nitrogen and oxygen atoms in total. The van der Waals surface area contributed by atoms with Crippen molar-refractivity contribution in [3.05, 3.63) is 18.2 Å². The first kappa shape index (κ1) is 11.1. The molecule has 0 saturated carbocycles. The number of hydrogen-bond acceptors (Lipinski definition) is 5. The van der Waals surface area contributed by atoms with Crippen LogP contribution in [-0.2, 0) is 4.79 Å². The van der Waals surface area contributed by atoms with Crippen LogP contribution < -0.4 is 14.8 Å². The highest BCUT2D eigenvalue weighted by Crippen LogP contribution is 2.25. The molecule has 0 unspecified atom stereocenters. The Kier molecular flexibility index (Phi) is 3.04. The Bertz CT molecular complexity index is 557. The minimum absolute atomic E-state index is 0.262. The van der Waals surface area contributed by atoms with E-state index in [2.05, 4.69) is 15.3 Å². The fourth-order valence-corrected chi connectivity index (χ4v) is 1.44. The van der Waals surface area contributed by atoms with Gasteiger partial charge < -0.3 is 14.8 Å². The number of carbonyl (C=O) groups is 1. The molecule has 2 rings (SSSR count). The molecular weight excluding hydrogens is 222 g/mol. The first-order valence-electron chi connectivity index (χ1n) is 4.88. The summed E-state index contributed by atoms with van der Waals surface area (Å²) in [4.78, 5) is 18.9. The molecule has 0 aliphatic carbocycles. The number of ether oxygens (including phenoxy) is 2. The Morgan fingerprint density at radius 2 is 2.00 bits per heavy atom. The molecule has 1 N–H and O–H groups in total. The number of carbonyl (C=O) groups excluding carboxylic acids is 1. The van der Waals surface area contributed by atoms with Crippen LogP contribution in [0.3, 0.4) is 0 Å². The summed E-state index contributed by atoms with van der Waals surface area (Å²) in [5.74, 6) is 1.24. The van der Waals surface area contributed by atoms with Gasteiger partial charge in [0.2, 0.25) is 6.41 Å². The summed E-state index contributed by atoms with van der Waals surface area (Å²) < 4.78 is 10.1. The molecule has 2 aromatic rings. The highest BCUT2D eigenvalue weighted by atomic mass is 16.5. The van der Waals surface area contributed by atoms with Gasteiger partial charge in [0, 0.05) is 6.07 Å². The third-order valence-electron chi connectivity index (χ3n) is 2.23. The van der Waals surface area contributed by atoms with E-state index in [1.165, 1.54) is 7.11 Å². The van der Waals surface area contributed by atoms with Gasteiger partial charge in [-0.25, -0.2) is 9.97 Å². The van der Waals surface area contributed by atoms with Crippen LogP contribution >= 0.6 is 0 Å². The summed E-state index contributed by atoms with van der Waals surface area (Å²) in [7, 11) is 3.04. The molecule has 17 heavy (non-hydrogen) atoms. The minimum Gasteiger partial charge on any atom is -0.497 e. The lowest BCUT2D eigenvalue weighted by atomic mass is 10.3. The van der Waals surface area contributed by atoms with Gasteiger partial charge in [-0.05, 0) is 12.1 Å². The van der Waals surface area contributed by atoms with Crippen molar-refractivity contribution in [2.75, 3.05) is 19.5 Å². The van der Waals surface area contributed by atoms with Gasteiger partial charge in [-0.1, -0.05) is 0 Å². The summed E-state index contributed by atoms with van der Waals surface area (Å²) in [6.45, 7) is 0. The maximum absolute atomic E-state index is 10.4. The van der Waals surface area contributed by atoms with Crippen molar-refractivity contribution in [2.24, 2.45) is 0 Å². The maximum Gasteiger partial charge on any atom is 0.258 e. The predicted octanol–water partition coefficient (Wildman–Crippen LogP) is 1.22. The van der Waals surface area contributed by atoms with Crippen LogP contribution in [0.2, 0.25) is 0 Å². The van der Waals surface area contributed by atoms with Crippen LogP contribution in [0.1, 0.15) is 0 Å². The van der Waals surface area contributed by atoms with Crippen molar-refractivity contribution in [1.29, 1.82) is 0 Å². The van der Waals surface area contributed by atoms with Crippen LogP contribution in [0.4, 0.5) is 5.82 Å². The normalized spacial score (nSPS) is 10.0. The Labute approximate surface area is 97.6 Å². The fourth-order valence-electron chi connectivity index (χ4n) is 1.44. The topological polar surface area (TPSA) is 73.3 Å². The Balaban J connectivity index is 2.60. The molecule has 0 aliphatic rings. The summed E-state index contributed by atoms with van der Waals surface area (Å²) in [6.07, 6.45) is 0.530. The van der Waals surface area contributed by atoms with Gasteiger partial charge >= 0.3 is 0 Å². The van der Waals surface area contributed by atoms with Gasteiger partial charge in [0.1, 0.15) is 5.75 Å². The molecule has 6 heteroatoms. The van der Waals surface area contributed by atoms with E-state index >= 15 is 0 Å². The molecule has 88 valence electrons. The van der Waals surface area contributed by atoms with Gasteiger partial charge in [0.15, 0.2) is 5.82 Å². The molecule has 0 bridgehead atoms. The maximum atomic E-state index is 10.4. The number of methoxy groups -OCH3 is 2. The third-order valence-corrected chi connectivity index (χ3v) is 2.23. The highest BCUT2D eigenvalue weighted by Gasteiger charge is 2.09. The zero-order valence-electron chi connectivity index (χ0n) is 9.43. The van der Waals surface area contributed by atoms with Crippen LogP contribution in [0.5, 0.6) is 11.6 Å². The largest absolute Gasteiger partial charge is 0.497 e. The van der Waals surface area contributed by atoms with E-state index in [0.717, 1.165) is 0 Å². The van der Waals surface area contributed by atoms with Crippen molar-refractivity contribution in [3.8, 4) is 11.6 Å². The standard InChI is InChI=1S/C11H11N3O3/c1-16-7-3-4-8-9(5-7)14-11(17-2)10(13-8)12-6-15/h3-6H,1-2H3,(H,12,13,15). The lowest BCUT2D eigenvalue weighted by Crippen LogP contribution is -2.02. The zero-order chi connectivity index (χ0) is 12.3. The molecule has 0 fully saturated rings. The predicted molar refractivity (Wildman–Crippen MR) is 62.3 cm³/mol. The highest BCUT2D eigenvalue weighted by molar-refractivity contribution is 5.81. The van der Waals surface area contributed by atoms with E-state index in [4.69, 9.17) is 9.47 Å². The third kappa shape index (κ3) is 2.10. The molecule has 1 aromatic heterocycles. The van der Waals surface area contributed by atoms with Gasteiger partial charge in [-0.2, -0.15) is 0 Å². The second-order valence-electron chi connectivity index (χ2n) is 3.20. The molecular formula is C11H11N3O3. The zero-order valence-corrected chi connectivity index (χ0v) is 9.43. The molecule has 1 amide bonds. The Hall–Kier alpha value is -2.37. The second-order valence-corrected chi connectivity index (χ2v) is 3.20. The van der Waals surface area contributed by atoms with Crippen LogP contribution in [-0.4, -0.2) is 30.6 Å². The summed E-state index contributed by atoms with van der Waals surface area (Å²) in [5.41, 5.74) is 1.29. The van der Waals surface area contributed by atoms with Gasteiger partial charge in [0.25, 0.3) is 5.88 Å². The molecule has 0 radical (unpaired) electrons. The summed E-state index contributed by atoms with van der Waals surface area (Å²) >= 11 is 0.